The highest BCUT2D eigenvalue weighted by molar-refractivity contribution is 6.06. The number of pyridine rings is 1. The molecule has 0 unspecified atom stereocenters. The van der Waals surface area contributed by atoms with Crippen molar-refractivity contribution in [3.8, 4) is 0 Å². The first-order valence-corrected chi connectivity index (χ1v) is 4.74. The number of carbonyl (C=O) groups excluding carboxylic acids is 1. The summed E-state index contributed by atoms with van der Waals surface area (Å²) in [5.74, 6) is -0.172. The van der Waals surface area contributed by atoms with Crippen molar-refractivity contribution in [1.29, 1.82) is 0 Å². The molecule has 1 aromatic heterocycles. The summed E-state index contributed by atoms with van der Waals surface area (Å²) in [6.45, 7) is 6.95. The molecule has 2 rings (SSSR count). The molecule has 78 valence electrons. The lowest BCUT2D eigenvalue weighted by Crippen LogP contribution is -2.18. The van der Waals surface area contributed by atoms with E-state index in [-0.39, 0.29) is 5.91 Å². The Bertz CT molecular complexity index is 599. The minimum atomic E-state index is -0.172. The molecule has 16 heavy (non-hydrogen) atoms. The third kappa shape index (κ3) is 1.59. The van der Waals surface area contributed by atoms with E-state index in [1.807, 2.05) is 0 Å². The first-order chi connectivity index (χ1) is 7.76. The van der Waals surface area contributed by atoms with Gasteiger partial charge in [0, 0.05) is 24.2 Å². The van der Waals surface area contributed by atoms with Gasteiger partial charge in [0.05, 0.1) is 12.1 Å². The van der Waals surface area contributed by atoms with E-state index in [2.05, 4.69) is 15.1 Å². The highest BCUT2D eigenvalue weighted by Crippen LogP contribution is 2.22. The molecule has 0 bridgehead atoms. The van der Waals surface area contributed by atoms with Crippen LogP contribution in [-0.4, -0.2) is 17.9 Å². The molecular weight excluding hydrogens is 202 g/mol. The Labute approximate surface area is 92.7 Å². The average Bonchev–Trinajstić information content (AvgIpc) is 2.36. The molecule has 0 radical (unpaired) electrons. The predicted octanol–water partition coefficient (Wildman–Crippen LogP) is 2.15. The molecule has 0 spiro atoms. The Balaban J connectivity index is 2.75. The summed E-state index contributed by atoms with van der Waals surface area (Å²) in [7, 11) is 1.58. The van der Waals surface area contributed by atoms with Crippen LogP contribution in [0.1, 0.15) is 10.4 Å². The SMILES string of the molecule is [C-]#[N+]c1ccc2nccc(C(=O)NC)c2c1. The normalized spacial score (nSPS) is 9.75. The number of aromatic nitrogens is 1. The standard InChI is InChI=1S/C12H9N3O/c1-13-8-3-4-11-10(7-8)9(5-6-15-11)12(16)14-2/h3-7H,2H3,(H,14,16). The van der Waals surface area contributed by atoms with Crippen LogP contribution >= 0.6 is 0 Å². The van der Waals surface area contributed by atoms with Gasteiger partial charge in [0.25, 0.3) is 5.91 Å². The van der Waals surface area contributed by atoms with E-state index in [4.69, 9.17) is 6.57 Å². The molecule has 0 aliphatic carbocycles. The fourth-order valence-corrected chi connectivity index (χ4v) is 1.54. The van der Waals surface area contributed by atoms with Crippen molar-refractivity contribution < 1.29 is 4.79 Å². The van der Waals surface area contributed by atoms with Crippen molar-refractivity contribution in [1.82, 2.24) is 10.3 Å². The summed E-state index contributed by atoms with van der Waals surface area (Å²) in [4.78, 5) is 19.1. The van der Waals surface area contributed by atoms with Gasteiger partial charge in [-0.05, 0) is 18.2 Å². The summed E-state index contributed by atoms with van der Waals surface area (Å²) in [6.07, 6.45) is 1.59. The molecule has 0 aliphatic heterocycles. The number of amides is 1. The van der Waals surface area contributed by atoms with Crippen molar-refractivity contribution in [2.75, 3.05) is 7.05 Å². The zero-order valence-electron chi connectivity index (χ0n) is 8.69. The van der Waals surface area contributed by atoms with Gasteiger partial charge < -0.3 is 5.32 Å². The highest BCUT2D eigenvalue weighted by Gasteiger charge is 2.08. The monoisotopic (exact) mass is 211 g/mol. The largest absolute Gasteiger partial charge is 0.355 e. The Morgan fingerprint density at radius 3 is 2.94 bits per heavy atom. The van der Waals surface area contributed by atoms with Gasteiger partial charge in [-0.3, -0.25) is 9.78 Å². The van der Waals surface area contributed by atoms with Crippen LogP contribution in [0.2, 0.25) is 0 Å². The lowest BCUT2D eigenvalue weighted by atomic mass is 10.1. The first-order valence-electron chi connectivity index (χ1n) is 4.74. The maximum Gasteiger partial charge on any atom is 0.251 e. The Hall–Kier alpha value is -2.41. The van der Waals surface area contributed by atoms with Gasteiger partial charge in [-0.15, -0.1) is 0 Å². The minimum absolute atomic E-state index is 0.172. The molecule has 0 atom stereocenters. The fraction of sp³-hybridized carbons (Fsp3) is 0.0833. The summed E-state index contributed by atoms with van der Waals surface area (Å²) in [5, 5.41) is 3.27. The number of hydrogen-bond acceptors (Lipinski definition) is 2. The maximum absolute atomic E-state index is 11.6. The predicted molar refractivity (Wildman–Crippen MR) is 61.4 cm³/mol. The van der Waals surface area contributed by atoms with E-state index < -0.39 is 0 Å². The van der Waals surface area contributed by atoms with E-state index >= 15 is 0 Å². The van der Waals surface area contributed by atoms with Gasteiger partial charge in [-0.2, -0.15) is 0 Å². The number of carbonyl (C=O) groups is 1. The molecule has 4 heteroatoms. The van der Waals surface area contributed by atoms with E-state index in [1.165, 1.54) is 0 Å². The summed E-state index contributed by atoms with van der Waals surface area (Å²) >= 11 is 0. The van der Waals surface area contributed by atoms with Crippen LogP contribution in [-0.2, 0) is 0 Å². The van der Waals surface area contributed by atoms with E-state index in [9.17, 15) is 4.79 Å². The Kier molecular flexibility index (Phi) is 2.52. The summed E-state index contributed by atoms with van der Waals surface area (Å²) < 4.78 is 0. The van der Waals surface area contributed by atoms with Crippen LogP contribution in [0.4, 0.5) is 5.69 Å². The third-order valence-corrected chi connectivity index (χ3v) is 2.33. The molecule has 1 aromatic carbocycles. The highest BCUT2D eigenvalue weighted by atomic mass is 16.1. The van der Waals surface area contributed by atoms with Crippen LogP contribution in [0, 0.1) is 6.57 Å². The van der Waals surface area contributed by atoms with Crippen molar-refractivity contribution in [2.45, 2.75) is 0 Å². The van der Waals surface area contributed by atoms with Gasteiger partial charge in [-0.25, -0.2) is 4.85 Å². The molecule has 0 fully saturated rings. The Morgan fingerprint density at radius 1 is 1.44 bits per heavy atom. The van der Waals surface area contributed by atoms with Gasteiger partial charge in [0.15, 0.2) is 5.69 Å². The van der Waals surface area contributed by atoms with Crippen molar-refractivity contribution in [3.63, 3.8) is 0 Å². The smallest absolute Gasteiger partial charge is 0.251 e. The summed E-state index contributed by atoms with van der Waals surface area (Å²) in [5.41, 5.74) is 1.76. The Morgan fingerprint density at radius 2 is 2.25 bits per heavy atom. The second kappa shape index (κ2) is 3.99. The molecule has 0 aliphatic rings. The zero-order chi connectivity index (χ0) is 11.5. The number of hydrogen-bond donors (Lipinski definition) is 1. The van der Waals surface area contributed by atoms with Crippen molar-refractivity contribution in [3.05, 3.63) is 47.4 Å². The fourth-order valence-electron chi connectivity index (χ4n) is 1.54. The first kappa shape index (κ1) is 10.1. The lowest BCUT2D eigenvalue weighted by molar-refractivity contribution is 0.0964. The second-order valence-electron chi connectivity index (χ2n) is 3.25. The van der Waals surface area contributed by atoms with Crippen molar-refractivity contribution >= 4 is 22.5 Å². The second-order valence-corrected chi connectivity index (χ2v) is 3.25. The molecule has 0 saturated carbocycles. The van der Waals surface area contributed by atoms with Gasteiger partial charge in [0.1, 0.15) is 0 Å². The van der Waals surface area contributed by atoms with Crippen LogP contribution in [0.25, 0.3) is 15.7 Å². The number of nitrogens with one attached hydrogen (secondary N) is 1. The van der Waals surface area contributed by atoms with E-state index in [1.54, 1.807) is 37.5 Å². The van der Waals surface area contributed by atoms with Gasteiger partial charge in [0.2, 0.25) is 0 Å². The van der Waals surface area contributed by atoms with Crippen LogP contribution in [0.3, 0.4) is 0 Å². The van der Waals surface area contributed by atoms with Gasteiger partial charge >= 0.3 is 0 Å². The summed E-state index contributed by atoms with van der Waals surface area (Å²) in [6, 6.07) is 6.76. The van der Waals surface area contributed by atoms with Crippen LogP contribution < -0.4 is 5.32 Å². The van der Waals surface area contributed by atoms with E-state index in [0.717, 1.165) is 0 Å². The van der Waals surface area contributed by atoms with Crippen molar-refractivity contribution in [2.24, 2.45) is 0 Å². The number of benzene rings is 1. The quantitative estimate of drug-likeness (QED) is 0.734. The molecule has 0 saturated heterocycles. The minimum Gasteiger partial charge on any atom is -0.355 e. The third-order valence-electron chi connectivity index (χ3n) is 2.33. The van der Waals surface area contributed by atoms with E-state index in [0.29, 0.717) is 22.2 Å². The number of rotatable bonds is 1. The topological polar surface area (TPSA) is 46.4 Å². The molecular formula is C12H9N3O. The van der Waals surface area contributed by atoms with Crippen LogP contribution in [0.5, 0.6) is 0 Å². The molecule has 4 nitrogen and oxygen atoms in total. The molecule has 1 N–H and O–H groups in total. The zero-order valence-corrected chi connectivity index (χ0v) is 8.69. The lowest BCUT2D eigenvalue weighted by Gasteiger charge is -2.04. The number of nitrogens with zero attached hydrogens (tertiary/aromatic N) is 2. The van der Waals surface area contributed by atoms with Gasteiger partial charge in [-0.1, -0.05) is 6.07 Å². The average molecular weight is 211 g/mol. The number of fused-ring (bicyclic) bond motifs is 1. The molecule has 1 heterocycles. The van der Waals surface area contributed by atoms with Crippen LogP contribution in [0.15, 0.2) is 30.5 Å². The molecule has 1 amide bonds. The molecule has 2 aromatic rings. The maximum atomic E-state index is 11.6.